The third-order valence-corrected chi connectivity index (χ3v) is 16.5. The number of nitrogens with one attached hydrogen (secondary N) is 1. The van der Waals surface area contributed by atoms with E-state index in [9.17, 15) is 35.4 Å². The number of esters is 1. The van der Waals surface area contributed by atoms with Gasteiger partial charge in [0.25, 0.3) is 0 Å². The molecule has 4 bridgehead atoms. The van der Waals surface area contributed by atoms with Crippen LogP contribution in [0.15, 0.2) is 35.0 Å². The molecule has 312 valence electrons. The third-order valence-electron chi connectivity index (χ3n) is 13.1. The minimum atomic E-state index is -2.43. The van der Waals surface area contributed by atoms with Crippen LogP contribution in [0.5, 0.6) is 11.5 Å². The second kappa shape index (κ2) is 16.9. The molecule has 5 aliphatic rings. The van der Waals surface area contributed by atoms with Crippen LogP contribution in [0.2, 0.25) is 0 Å². The highest BCUT2D eigenvalue weighted by molar-refractivity contribution is 8.77. The Morgan fingerprint density at radius 1 is 1.12 bits per heavy atom. The SMILES string of the molecule is CCOC(=O)CCc1cc2ccoc2c2c1O[C@H]1O[C@@](CO)(CSSC3(CCCC3)[C@H](CCC(C)C)NCCO2)[C@]2(O)C[C@@H]3C=C[C@@H](O)[C@@H](CO)[C@@H]3[C@]1(O)[C@H]2O. The number of aliphatic hydroxyl groups excluding tert-OH is 4. The number of hydrogen-bond donors (Lipinski definition) is 7. The lowest BCUT2D eigenvalue weighted by atomic mass is 9.51. The van der Waals surface area contributed by atoms with Crippen molar-refractivity contribution in [3.63, 3.8) is 0 Å². The molecule has 15 heteroatoms. The summed E-state index contributed by atoms with van der Waals surface area (Å²) in [6.07, 6.45) is 5.97. The average molecular weight is 822 g/mol. The molecule has 3 aliphatic carbocycles. The molecule has 2 saturated carbocycles. The van der Waals surface area contributed by atoms with Gasteiger partial charge in [0.2, 0.25) is 12.0 Å². The van der Waals surface area contributed by atoms with Crippen LogP contribution >= 0.6 is 21.6 Å². The number of fused-ring (bicyclic) bond motifs is 11. The van der Waals surface area contributed by atoms with Gasteiger partial charge in [-0.2, -0.15) is 0 Å². The van der Waals surface area contributed by atoms with Crippen molar-refractivity contribution in [3.8, 4) is 11.5 Å². The molecule has 1 saturated heterocycles. The number of aliphatic hydroxyl groups is 6. The Morgan fingerprint density at radius 2 is 1.91 bits per heavy atom. The molecule has 1 spiro atoms. The Labute approximate surface area is 336 Å². The largest absolute Gasteiger partial charge is 0.485 e. The summed E-state index contributed by atoms with van der Waals surface area (Å²) < 4.78 is 31.3. The van der Waals surface area contributed by atoms with E-state index in [-0.39, 0.29) is 60.5 Å². The Hall–Kier alpha value is -2.05. The van der Waals surface area contributed by atoms with Gasteiger partial charge in [0.05, 0.1) is 25.6 Å². The van der Waals surface area contributed by atoms with Gasteiger partial charge in [-0.3, -0.25) is 4.79 Å². The summed E-state index contributed by atoms with van der Waals surface area (Å²) in [4.78, 5) is 12.7. The number of hydrogen-bond acceptors (Lipinski definition) is 15. The maximum absolute atomic E-state index is 13.0. The third kappa shape index (κ3) is 7.30. The zero-order valence-electron chi connectivity index (χ0n) is 32.6. The van der Waals surface area contributed by atoms with E-state index in [2.05, 4.69) is 19.2 Å². The van der Waals surface area contributed by atoms with E-state index in [1.165, 1.54) is 23.1 Å². The Morgan fingerprint density at radius 3 is 2.62 bits per heavy atom. The number of allylic oxidation sites excluding steroid dienone is 1. The van der Waals surface area contributed by atoms with Gasteiger partial charge in [-0.05, 0) is 75.0 Å². The van der Waals surface area contributed by atoms with Crippen molar-refractivity contribution in [2.75, 3.05) is 38.7 Å². The lowest BCUT2D eigenvalue weighted by Crippen LogP contribution is -2.85. The van der Waals surface area contributed by atoms with Gasteiger partial charge < -0.3 is 59.3 Å². The maximum Gasteiger partial charge on any atom is 0.306 e. The second-order valence-electron chi connectivity index (χ2n) is 16.8. The zero-order chi connectivity index (χ0) is 39.9. The Balaban J connectivity index is 1.39. The molecule has 7 N–H and O–H groups in total. The molecule has 2 aliphatic heterocycles. The molecule has 0 radical (unpaired) electrons. The summed E-state index contributed by atoms with van der Waals surface area (Å²) in [5.74, 6) is -2.22. The minimum absolute atomic E-state index is 0.00491. The molecule has 10 atom stereocenters. The predicted molar refractivity (Wildman–Crippen MR) is 212 cm³/mol. The van der Waals surface area contributed by atoms with Crippen molar-refractivity contribution in [1.82, 2.24) is 5.32 Å². The van der Waals surface area contributed by atoms with Crippen LogP contribution in [-0.4, -0.2) is 121 Å². The van der Waals surface area contributed by atoms with Crippen LogP contribution < -0.4 is 14.8 Å². The van der Waals surface area contributed by atoms with E-state index >= 15 is 0 Å². The fourth-order valence-corrected chi connectivity index (χ4v) is 14.1. The smallest absolute Gasteiger partial charge is 0.306 e. The first-order valence-corrected chi connectivity index (χ1v) is 22.6. The average Bonchev–Trinajstić information content (AvgIpc) is 3.85. The fraction of sp³-hybridized carbons (Fsp3) is 0.732. The number of carbonyl (C=O) groups excluding carboxylic acids is 1. The normalized spacial score (nSPS) is 36.9. The van der Waals surface area contributed by atoms with Crippen LogP contribution in [0.3, 0.4) is 0 Å². The summed E-state index contributed by atoms with van der Waals surface area (Å²) in [6.45, 7) is 5.85. The minimum Gasteiger partial charge on any atom is -0.485 e. The summed E-state index contributed by atoms with van der Waals surface area (Å²) >= 11 is 0. The molecule has 56 heavy (non-hydrogen) atoms. The molecule has 3 heterocycles. The number of benzene rings is 1. The molecular formula is C41H59NO12S2. The lowest BCUT2D eigenvalue weighted by Gasteiger charge is -2.66. The Kier molecular flexibility index (Phi) is 12.7. The van der Waals surface area contributed by atoms with E-state index in [1.807, 2.05) is 0 Å². The van der Waals surface area contributed by atoms with Gasteiger partial charge in [0, 0.05) is 53.3 Å². The van der Waals surface area contributed by atoms with E-state index < -0.39 is 72.2 Å². The molecule has 0 amide bonds. The Bertz CT molecular complexity index is 1720. The van der Waals surface area contributed by atoms with E-state index in [1.54, 1.807) is 35.9 Å². The maximum atomic E-state index is 13.0. The summed E-state index contributed by atoms with van der Waals surface area (Å²) in [7, 11) is 3.22. The first kappa shape index (κ1) is 42.1. The van der Waals surface area contributed by atoms with Crippen LogP contribution in [-0.2, 0) is 20.7 Å². The summed E-state index contributed by atoms with van der Waals surface area (Å²) in [5, 5.41) is 75.9. The number of ether oxygens (including phenoxy) is 4. The predicted octanol–water partition coefficient (Wildman–Crippen LogP) is 3.87. The molecule has 2 aromatic rings. The van der Waals surface area contributed by atoms with Gasteiger partial charge >= 0.3 is 5.97 Å². The second-order valence-corrected chi connectivity index (χ2v) is 19.5. The highest BCUT2D eigenvalue weighted by Crippen LogP contribution is 2.61. The molecule has 1 aromatic carbocycles. The highest BCUT2D eigenvalue weighted by Gasteiger charge is 2.76. The summed E-state index contributed by atoms with van der Waals surface area (Å²) in [5.41, 5.74) is -5.58. The van der Waals surface area contributed by atoms with Crippen LogP contribution in [0.4, 0.5) is 0 Å². The zero-order valence-corrected chi connectivity index (χ0v) is 34.2. The van der Waals surface area contributed by atoms with Crippen molar-refractivity contribution < 1.29 is 58.8 Å². The molecule has 7 rings (SSSR count). The lowest BCUT2D eigenvalue weighted by molar-refractivity contribution is -0.416. The molecule has 3 fully saturated rings. The first-order valence-electron chi connectivity index (χ1n) is 20.3. The summed E-state index contributed by atoms with van der Waals surface area (Å²) in [6, 6.07) is 3.71. The van der Waals surface area contributed by atoms with E-state index in [4.69, 9.17) is 23.4 Å². The number of rotatable bonds is 9. The van der Waals surface area contributed by atoms with E-state index in [0.717, 1.165) is 38.5 Å². The topological polar surface area (TPSA) is 201 Å². The van der Waals surface area contributed by atoms with Gasteiger partial charge in [-0.25, -0.2) is 0 Å². The van der Waals surface area contributed by atoms with Gasteiger partial charge in [0.15, 0.2) is 16.9 Å². The van der Waals surface area contributed by atoms with Gasteiger partial charge in [-0.15, -0.1) is 0 Å². The monoisotopic (exact) mass is 821 g/mol. The van der Waals surface area contributed by atoms with Crippen LogP contribution in [0, 0.1) is 23.7 Å². The molecular weight excluding hydrogens is 763 g/mol. The molecule has 1 aromatic heterocycles. The van der Waals surface area contributed by atoms with Crippen molar-refractivity contribution in [2.45, 2.75) is 125 Å². The molecule has 13 nitrogen and oxygen atoms in total. The number of carbonyl (C=O) groups is 1. The number of aryl methyl sites for hydroxylation is 1. The van der Waals surface area contributed by atoms with Gasteiger partial charge in [-0.1, -0.05) is 60.4 Å². The van der Waals surface area contributed by atoms with E-state index in [0.29, 0.717) is 29.0 Å². The standard InChI is InChI=1S/C41H59NO12S2/c1-4-50-31(46)12-9-25-19-26-13-17-51-33(26)35-34(25)53-37-41(49)32-27(8-10-29(45)28(32)21-43)20-40(48,36(41)47)39(22-44,54-37)23-55-56-38(14-5-6-15-38)30(11-7-24(2)3)42-16-18-52-35/h8,10,13,17,19,24,27-30,32,36-37,42-45,47-49H,4-7,9,11-12,14-16,18,20-23H2,1-3H3/t27-,28+,29+,30-,32+,36-,37-,39-,40-,41-/m0/s1. The first-order chi connectivity index (χ1) is 26.9. The number of furan rings is 1. The van der Waals surface area contributed by atoms with Crippen LogP contribution in [0.1, 0.15) is 77.7 Å². The fourth-order valence-electron chi connectivity index (χ4n) is 10.1. The van der Waals surface area contributed by atoms with Crippen molar-refractivity contribution in [1.29, 1.82) is 0 Å². The quantitative estimate of drug-likeness (QED) is 0.109. The van der Waals surface area contributed by atoms with Crippen LogP contribution in [0.25, 0.3) is 11.0 Å². The molecule has 0 unspecified atom stereocenters. The van der Waals surface area contributed by atoms with Crippen molar-refractivity contribution >= 4 is 38.5 Å². The van der Waals surface area contributed by atoms with Crippen molar-refractivity contribution in [3.05, 3.63) is 36.1 Å². The highest BCUT2D eigenvalue weighted by atomic mass is 33.1. The van der Waals surface area contributed by atoms with Gasteiger partial charge in [0.1, 0.15) is 23.9 Å². The van der Waals surface area contributed by atoms with Crippen molar-refractivity contribution in [2.24, 2.45) is 23.7 Å².